The van der Waals surface area contributed by atoms with Gasteiger partial charge >= 0.3 is 5.97 Å². The van der Waals surface area contributed by atoms with E-state index in [0.717, 1.165) is 19.0 Å². The fraction of sp³-hybridized carbons (Fsp3) is 0.923. The van der Waals surface area contributed by atoms with Crippen molar-refractivity contribution in [3.63, 3.8) is 0 Å². The molecule has 3 nitrogen and oxygen atoms in total. The smallest absolute Gasteiger partial charge is 0.308 e. The summed E-state index contributed by atoms with van der Waals surface area (Å²) in [6.07, 6.45) is 5.43. The van der Waals surface area contributed by atoms with Gasteiger partial charge in [0.05, 0.1) is 5.92 Å². The number of hydrogen-bond donors (Lipinski definition) is 1. The van der Waals surface area contributed by atoms with E-state index in [2.05, 4.69) is 18.7 Å². The first kappa shape index (κ1) is 11.9. The van der Waals surface area contributed by atoms with E-state index in [1.54, 1.807) is 0 Å². The summed E-state index contributed by atoms with van der Waals surface area (Å²) in [7, 11) is 0. The van der Waals surface area contributed by atoms with Gasteiger partial charge in [0.15, 0.2) is 0 Å². The molecule has 0 aromatic rings. The van der Waals surface area contributed by atoms with E-state index in [9.17, 15) is 4.79 Å². The molecule has 0 aromatic carbocycles. The van der Waals surface area contributed by atoms with E-state index in [4.69, 9.17) is 5.11 Å². The Kier molecular flexibility index (Phi) is 3.53. The molecule has 0 spiro atoms. The van der Waals surface area contributed by atoms with Gasteiger partial charge in [0.2, 0.25) is 0 Å². The molecule has 1 aliphatic heterocycles. The molecule has 3 heteroatoms. The summed E-state index contributed by atoms with van der Waals surface area (Å²) in [5.41, 5.74) is 0. The van der Waals surface area contributed by atoms with Gasteiger partial charge in [-0.2, -0.15) is 0 Å². The normalized spacial score (nSPS) is 33.6. The summed E-state index contributed by atoms with van der Waals surface area (Å²) < 4.78 is 0. The van der Waals surface area contributed by atoms with Crippen LogP contribution in [0.2, 0.25) is 0 Å². The predicted molar refractivity (Wildman–Crippen MR) is 63.3 cm³/mol. The van der Waals surface area contributed by atoms with E-state index in [1.165, 1.54) is 25.7 Å². The number of carboxylic acids is 1. The van der Waals surface area contributed by atoms with Crippen LogP contribution in [0.3, 0.4) is 0 Å². The van der Waals surface area contributed by atoms with Crippen LogP contribution in [0.1, 0.15) is 39.5 Å². The standard InChI is InChI=1S/C13H23NO2/c1-9-7-14(8-12(9)13(15)16)10(2)6-11-4-3-5-11/h9-12H,3-8H2,1-2H3,(H,15,16)/t9-,10?,12-/m1/s1. The minimum Gasteiger partial charge on any atom is -0.481 e. The van der Waals surface area contributed by atoms with Crippen LogP contribution < -0.4 is 0 Å². The lowest BCUT2D eigenvalue weighted by atomic mass is 9.81. The average Bonchev–Trinajstić information content (AvgIpc) is 2.53. The molecule has 2 aliphatic rings. The highest BCUT2D eigenvalue weighted by molar-refractivity contribution is 5.71. The number of nitrogens with zero attached hydrogens (tertiary/aromatic N) is 1. The Labute approximate surface area is 97.8 Å². The molecule has 1 saturated heterocycles. The van der Waals surface area contributed by atoms with Gasteiger partial charge in [-0.25, -0.2) is 0 Å². The van der Waals surface area contributed by atoms with Crippen molar-refractivity contribution in [3.8, 4) is 0 Å². The molecule has 16 heavy (non-hydrogen) atoms. The Morgan fingerprint density at radius 3 is 2.56 bits per heavy atom. The van der Waals surface area contributed by atoms with Crippen molar-refractivity contribution < 1.29 is 9.90 Å². The van der Waals surface area contributed by atoms with Gasteiger partial charge in [-0.05, 0) is 25.2 Å². The molecular formula is C13H23NO2. The lowest BCUT2D eigenvalue weighted by Gasteiger charge is -2.32. The monoisotopic (exact) mass is 225 g/mol. The van der Waals surface area contributed by atoms with Crippen LogP contribution in [0.4, 0.5) is 0 Å². The second-order valence-electron chi connectivity index (χ2n) is 5.76. The molecule has 0 aromatic heterocycles. The number of likely N-dealkylation sites (tertiary alicyclic amines) is 1. The van der Waals surface area contributed by atoms with Crippen LogP contribution in [-0.4, -0.2) is 35.1 Å². The second-order valence-corrected chi connectivity index (χ2v) is 5.76. The average molecular weight is 225 g/mol. The zero-order valence-electron chi connectivity index (χ0n) is 10.4. The molecule has 2 fully saturated rings. The van der Waals surface area contributed by atoms with Crippen molar-refractivity contribution in [2.45, 2.75) is 45.6 Å². The van der Waals surface area contributed by atoms with E-state index < -0.39 is 5.97 Å². The summed E-state index contributed by atoms with van der Waals surface area (Å²) in [5.74, 6) is 0.449. The Bertz CT molecular complexity index is 263. The summed E-state index contributed by atoms with van der Waals surface area (Å²) in [4.78, 5) is 13.4. The van der Waals surface area contributed by atoms with Crippen molar-refractivity contribution in [2.75, 3.05) is 13.1 Å². The zero-order chi connectivity index (χ0) is 11.7. The van der Waals surface area contributed by atoms with E-state index >= 15 is 0 Å². The van der Waals surface area contributed by atoms with Gasteiger partial charge in [0.1, 0.15) is 0 Å². The van der Waals surface area contributed by atoms with Gasteiger partial charge in [-0.1, -0.05) is 26.2 Å². The predicted octanol–water partition coefficient (Wildman–Crippen LogP) is 2.22. The Hall–Kier alpha value is -0.570. The third-order valence-corrected chi connectivity index (χ3v) is 4.48. The molecule has 1 N–H and O–H groups in total. The molecule has 1 aliphatic carbocycles. The number of aliphatic carboxylic acids is 1. The van der Waals surface area contributed by atoms with Crippen molar-refractivity contribution in [1.29, 1.82) is 0 Å². The van der Waals surface area contributed by atoms with Crippen LogP contribution in [0.25, 0.3) is 0 Å². The molecule has 0 amide bonds. The third kappa shape index (κ3) is 2.40. The second kappa shape index (κ2) is 4.74. The minimum absolute atomic E-state index is 0.149. The molecule has 1 saturated carbocycles. The number of rotatable bonds is 4. The largest absolute Gasteiger partial charge is 0.481 e. The highest BCUT2D eigenvalue weighted by Gasteiger charge is 2.37. The van der Waals surface area contributed by atoms with Crippen LogP contribution >= 0.6 is 0 Å². The minimum atomic E-state index is -0.620. The van der Waals surface area contributed by atoms with Gasteiger partial charge in [0.25, 0.3) is 0 Å². The molecular weight excluding hydrogens is 202 g/mol. The number of hydrogen-bond acceptors (Lipinski definition) is 2. The highest BCUT2D eigenvalue weighted by atomic mass is 16.4. The zero-order valence-corrected chi connectivity index (χ0v) is 10.4. The fourth-order valence-corrected chi connectivity index (χ4v) is 3.05. The van der Waals surface area contributed by atoms with Crippen molar-refractivity contribution >= 4 is 5.97 Å². The molecule has 1 unspecified atom stereocenters. The van der Waals surface area contributed by atoms with Crippen molar-refractivity contribution in [3.05, 3.63) is 0 Å². The van der Waals surface area contributed by atoms with E-state index in [0.29, 0.717) is 12.0 Å². The molecule has 2 rings (SSSR count). The first-order chi connectivity index (χ1) is 7.58. The van der Waals surface area contributed by atoms with Crippen LogP contribution in [-0.2, 0) is 4.79 Å². The fourth-order valence-electron chi connectivity index (χ4n) is 3.05. The van der Waals surface area contributed by atoms with Gasteiger partial charge in [0, 0.05) is 19.1 Å². The summed E-state index contributed by atoms with van der Waals surface area (Å²) in [5, 5.41) is 9.10. The Morgan fingerprint density at radius 2 is 2.12 bits per heavy atom. The lowest BCUT2D eigenvalue weighted by molar-refractivity contribution is -0.142. The summed E-state index contributed by atoms with van der Waals surface area (Å²) in [6, 6.07) is 0.567. The lowest BCUT2D eigenvalue weighted by Crippen LogP contribution is -2.34. The van der Waals surface area contributed by atoms with Gasteiger partial charge in [-0.3, -0.25) is 9.69 Å². The van der Waals surface area contributed by atoms with Crippen LogP contribution in [0.15, 0.2) is 0 Å². The van der Waals surface area contributed by atoms with Crippen LogP contribution in [0.5, 0.6) is 0 Å². The van der Waals surface area contributed by atoms with Crippen molar-refractivity contribution in [1.82, 2.24) is 4.90 Å². The first-order valence-corrected chi connectivity index (χ1v) is 6.54. The summed E-state index contributed by atoms with van der Waals surface area (Å²) in [6.45, 7) is 6.04. The van der Waals surface area contributed by atoms with Crippen molar-refractivity contribution in [2.24, 2.45) is 17.8 Å². The van der Waals surface area contributed by atoms with Crippen LogP contribution in [0, 0.1) is 17.8 Å². The highest BCUT2D eigenvalue weighted by Crippen LogP contribution is 2.33. The molecule has 0 bridgehead atoms. The van der Waals surface area contributed by atoms with E-state index in [1.807, 2.05) is 0 Å². The Morgan fingerprint density at radius 1 is 1.44 bits per heavy atom. The molecule has 92 valence electrons. The molecule has 3 atom stereocenters. The first-order valence-electron chi connectivity index (χ1n) is 6.54. The molecule has 1 heterocycles. The quantitative estimate of drug-likeness (QED) is 0.797. The SMILES string of the molecule is CC(CC1CCC1)N1C[C@@H](C)[C@H](C(=O)O)C1. The number of carbonyl (C=O) groups is 1. The summed E-state index contributed by atoms with van der Waals surface area (Å²) >= 11 is 0. The number of carboxylic acid groups (broad SMARTS) is 1. The maximum absolute atomic E-state index is 11.0. The topological polar surface area (TPSA) is 40.5 Å². The maximum Gasteiger partial charge on any atom is 0.308 e. The Balaban J connectivity index is 1.83. The van der Waals surface area contributed by atoms with Gasteiger partial charge < -0.3 is 5.11 Å². The maximum atomic E-state index is 11.0. The molecule has 0 radical (unpaired) electrons. The van der Waals surface area contributed by atoms with E-state index in [-0.39, 0.29) is 5.92 Å². The third-order valence-electron chi connectivity index (χ3n) is 4.48. The van der Waals surface area contributed by atoms with Gasteiger partial charge in [-0.15, -0.1) is 0 Å².